The van der Waals surface area contributed by atoms with Gasteiger partial charge < -0.3 is 10.2 Å². The highest BCUT2D eigenvalue weighted by molar-refractivity contribution is 5.99. The molecule has 3 heterocycles. The van der Waals surface area contributed by atoms with Crippen LogP contribution in [-0.4, -0.2) is 39.4 Å². The molecule has 156 valence electrons. The summed E-state index contributed by atoms with van der Waals surface area (Å²) in [6.07, 6.45) is 0.412. The van der Waals surface area contributed by atoms with Crippen LogP contribution in [0.15, 0.2) is 36.5 Å². The SMILES string of the molecule is CC[C@@H]1CCCCN1C(=O)c1cnn2c1N[C@@H](c1ccccc1)C[C@@H]2C(F)(F)F. The Morgan fingerprint density at radius 1 is 1.24 bits per heavy atom. The Kier molecular flexibility index (Phi) is 5.27. The van der Waals surface area contributed by atoms with Crippen LogP contribution in [0, 0.1) is 0 Å². The number of anilines is 1. The number of hydrogen-bond acceptors (Lipinski definition) is 3. The molecule has 29 heavy (non-hydrogen) atoms. The molecule has 2 aliphatic heterocycles. The fourth-order valence-corrected chi connectivity index (χ4v) is 4.47. The normalized spacial score (nSPS) is 24.7. The highest BCUT2D eigenvalue weighted by Crippen LogP contribution is 2.44. The minimum absolute atomic E-state index is 0.124. The van der Waals surface area contributed by atoms with E-state index in [0.29, 0.717) is 6.54 Å². The average molecular weight is 406 g/mol. The molecule has 0 spiro atoms. The van der Waals surface area contributed by atoms with Gasteiger partial charge in [-0.1, -0.05) is 37.3 Å². The van der Waals surface area contributed by atoms with Crippen molar-refractivity contribution in [3.05, 3.63) is 47.7 Å². The first-order chi connectivity index (χ1) is 13.9. The van der Waals surface area contributed by atoms with Gasteiger partial charge in [0, 0.05) is 19.0 Å². The number of nitrogens with zero attached hydrogens (tertiary/aromatic N) is 3. The third-order valence-corrected chi connectivity index (χ3v) is 6.03. The number of rotatable bonds is 3. The molecule has 1 N–H and O–H groups in total. The van der Waals surface area contributed by atoms with Gasteiger partial charge in [0.05, 0.1) is 12.2 Å². The summed E-state index contributed by atoms with van der Waals surface area (Å²) in [6, 6.07) is 6.85. The van der Waals surface area contributed by atoms with Crippen molar-refractivity contribution in [3.8, 4) is 0 Å². The number of fused-ring (bicyclic) bond motifs is 1. The highest BCUT2D eigenvalue weighted by atomic mass is 19.4. The average Bonchev–Trinajstić information content (AvgIpc) is 3.16. The van der Waals surface area contributed by atoms with E-state index in [9.17, 15) is 18.0 Å². The molecule has 4 rings (SSSR count). The van der Waals surface area contributed by atoms with Crippen LogP contribution in [0.4, 0.5) is 19.0 Å². The Hall–Kier alpha value is -2.51. The highest BCUT2D eigenvalue weighted by Gasteiger charge is 2.47. The Bertz CT molecular complexity index is 865. The lowest BCUT2D eigenvalue weighted by Crippen LogP contribution is -2.44. The molecule has 3 atom stereocenters. The lowest BCUT2D eigenvalue weighted by Gasteiger charge is -2.37. The van der Waals surface area contributed by atoms with Crippen molar-refractivity contribution in [2.24, 2.45) is 0 Å². The number of carbonyl (C=O) groups is 1. The van der Waals surface area contributed by atoms with Gasteiger partial charge in [-0.3, -0.25) is 4.79 Å². The Labute approximate surface area is 167 Å². The van der Waals surface area contributed by atoms with Gasteiger partial charge in [0.25, 0.3) is 5.91 Å². The summed E-state index contributed by atoms with van der Waals surface area (Å²) in [5.41, 5.74) is 0.984. The summed E-state index contributed by atoms with van der Waals surface area (Å²) in [4.78, 5) is 15.1. The summed E-state index contributed by atoms with van der Waals surface area (Å²) in [7, 11) is 0. The van der Waals surface area contributed by atoms with E-state index >= 15 is 0 Å². The number of aromatic nitrogens is 2. The second-order valence-corrected chi connectivity index (χ2v) is 7.81. The number of benzene rings is 1. The zero-order chi connectivity index (χ0) is 20.6. The Morgan fingerprint density at radius 3 is 2.69 bits per heavy atom. The van der Waals surface area contributed by atoms with Gasteiger partial charge in [-0.2, -0.15) is 18.3 Å². The van der Waals surface area contributed by atoms with Crippen molar-refractivity contribution in [2.75, 3.05) is 11.9 Å². The first-order valence-electron chi connectivity index (χ1n) is 10.2. The molecule has 2 aliphatic rings. The fraction of sp³-hybridized carbons (Fsp3) is 0.524. The van der Waals surface area contributed by atoms with Gasteiger partial charge in [0.15, 0.2) is 6.04 Å². The number of hydrogen-bond donors (Lipinski definition) is 1. The fourth-order valence-electron chi connectivity index (χ4n) is 4.47. The number of piperidine rings is 1. The van der Waals surface area contributed by atoms with E-state index < -0.39 is 18.3 Å². The molecule has 5 nitrogen and oxygen atoms in total. The molecule has 8 heteroatoms. The predicted octanol–water partition coefficient (Wildman–Crippen LogP) is 4.95. The van der Waals surface area contributed by atoms with E-state index in [-0.39, 0.29) is 29.8 Å². The molecule has 1 aromatic carbocycles. The summed E-state index contributed by atoms with van der Waals surface area (Å²) < 4.78 is 42.4. The lowest BCUT2D eigenvalue weighted by molar-refractivity contribution is -0.173. The summed E-state index contributed by atoms with van der Waals surface area (Å²) in [6.45, 7) is 2.67. The summed E-state index contributed by atoms with van der Waals surface area (Å²) >= 11 is 0. The lowest BCUT2D eigenvalue weighted by atomic mass is 9.96. The first kappa shape index (κ1) is 19.8. The summed E-state index contributed by atoms with van der Waals surface area (Å²) in [5, 5.41) is 7.16. The largest absolute Gasteiger partial charge is 0.410 e. The van der Waals surface area contributed by atoms with Crippen LogP contribution in [0.1, 0.15) is 67.0 Å². The van der Waals surface area contributed by atoms with E-state index in [1.165, 1.54) is 6.20 Å². The molecule has 0 saturated carbocycles. The summed E-state index contributed by atoms with van der Waals surface area (Å²) in [5.74, 6) is -0.0715. The molecule has 0 aliphatic carbocycles. The second-order valence-electron chi connectivity index (χ2n) is 7.81. The van der Waals surface area contributed by atoms with E-state index in [1.807, 2.05) is 13.0 Å². The van der Waals surface area contributed by atoms with E-state index in [1.54, 1.807) is 29.2 Å². The zero-order valence-corrected chi connectivity index (χ0v) is 16.3. The molecule has 0 radical (unpaired) electrons. The molecule has 1 saturated heterocycles. The minimum atomic E-state index is -4.45. The maximum atomic E-state index is 13.8. The van der Waals surface area contributed by atoms with Crippen molar-refractivity contribution in [1.29, 1.82) is 0 Å². The monoisotopic (exact) mass is 406 g/mol. The van der Waals surface area contributed by atoms with Crippen LogP contribution < -0.4 is 5.32 Å². The van der Waals surface area contributed by atoms with Gasteiger partial charge in [0.2, 0.25) is 0 Å². The molecular formula is C21H25F3N4O. The van der Waals surface area contributed by atoms with Crippen molar-refractivity contribution in [2.45, 2.75) is 63.3 Å². The maximum absolute atomic E-state index is 13.8. The smallest absolute Gasteiger partial charge is 0.363 e. The van der Waals surface area contributed by atoms with Gasteiger partial charge in [-0.25, -0.2) is 4.68 Å². The number of likely N-dealkylation sites (tertiary alicyclic amines) is 1. The van der Waals surface area contributed by atoms with E-state index in [4.69, 9.17) is 0 Å². The van der Waals surface area contributed by atoms with Crippen LogP contribution in [0.2, 0.25) is 0 Å². The van der Waals surface area contributed by atoms with Crippen LogP contribution in [-0.2, 0) is 0 Å². The topological polar surface area (TPSA) is 50.2 Å². The number of alkyl halides is 3. The quantitative estimate of drug-likeness (QED) is 0.785. The van der Waals surface area contributed by atoms with Crippen LogP contribution in [0.3, 0.4) is 0 Å². The van der Waals surface area contributed by atoms with Gasteiger partial charge >= 0.3 is 6.18 Å². The van der Waals surface area contributed by atoms with Crippen LogP contribution in [0.25, 0.3) is 0 Å². The van der Waals surface area contributed by atoms with Crippen LogP contribution >= 0.6 is 0 Å². The standard InChI is InChI=1S/C21H25F3N4O/c1-2-15-10-6-7-11-27(15)20(29)16-13-25-28-18(21(22,23)24)12-17(26-19(16)28)14-8-4-3-5-9-14/h3-5,8-9,13,15,17-18,26H,2,6-7,10-12H2,1H3/t15-,17-,18-/m1/s1. The van der Waals surface area contributed by atoms with Gasteiger partial charge in [-0.05, 0) is 31.2 Å². The number of carbonyl (C=O) groups excluding carboxylic acids is 1. The molecule has 1 aromatic heterocycles. The predicted molar refractivity (Wildman–Crippen MR) is 104 cm³/mol. The van der Waals surface area contributed by atoms with Crippen molar-refractivity contribution in [3.63, 3.8) is 0 Å². The Morgan fingerprint density at radius 2 is 2.00 bits per heavy atom. The number of amides is 1. The van der Waals surface area contributed by atoms with Crippen molar-refractivity contribution < 1.29 is 18.0 Å². The van der Waals surface area contributed by atoms with E-state index in [0.717, 1.165) is 35.9 Å². The maximum Gasteiger partial charge on any atom is 0.410 e. The van der Waals surface area contributed by atoms with Gasteiger partial charge in [-0.15, -0.1) is 0 Å². The van der Waals surface area contributed by atoms with Crippen molar-refractivity contribution >= 4 is 11.7 Å². The molecule has 0 bridgehead atoms. The minimum Gasteiger partial charge on any atom is -0.363 e. The molecule has 0 unspecified atom stereocenters. The van der Waals surface area contributed by atoms with Gasteiger partial charge in [0.1, 0.15) is 11.4 Å². The van der Waals surface area contributed by atoms with Crippen molar-refractivity contribution in [1.82, 2.24) is 14.7 Å². The second kappa shape index (κ2) is 7.72. The Balaban J connectivity index is 1.71. The number of nitrogens with one attached hydrogen (secondary N) is 1. The number of halogens is 3. The van der Waals surface area contributed by atoms with E-state index in [2.05, 4.69) is 10.4 Å². The van der Waals surface area contributed by atoms with Crippen LogP contribution in [0.5, 0.6) is 0 Å². The zero-order valence-electron chi connectivity index (χ0n) is 16.3. The third kappa shape index (κ3) is 3.72. The first-order valence-corrected chi connectivity index (χ1v) is 10.2. The molecular weight excluding hydrogens is 381 g/mol. The third-order valence-electron chi connectivity index (χ3n) is 6.03. The molecule has 1 amide bonds. The molecule has 2 aromatic rings. The molecule has 1 fully saturated rings.